The van der Waals surface area contributed by atoms with Gasteiger partial charge in [0.05, 0.1) is 0 Å². The van der Waals surface area contributed by atoms with Crippen molar-refractivity contribution in [1.29, 1.82) is 0 Å². The van der Waals surface area contributed by atoms with Gasteiger partial charge >= 0.3 is 0 Å². The standard InChI is InChI=1S/C18H24N4O3S2/c1-21(2)27(24,25)22-10-8-14(9-11-22)12-19-17(23)16-13-26-18(20-16)15-6-4-3-5-7-15/h3-7,13-14H,8-12H2,1-2H3,(H,19,23). The van der Waals surface area contributed by atoms with Crippen LogP contribution in [0, 0.1) is 5.92 Å². The highest BCUT2D eigenvalue weighted by atomic mass is 32.2. The Morgan fingerprint density at radius 1 is 1.26 bits per heavy atom. The lowest BCUT2D eigenvalue weighted by atomic mass is 9.98. The molecule has 1 aromatic heterocycles. The Kier molecular flexibility index (Phi) is 6.25. The van der Waals surface area contributed by atoms with Gasteiger partial charge in [-0.2, -0.15) is 17.0 Å². The first kappa shape index (κ1) is 19.9. The number of piperidine rings is 1. The number of hydrogen-bond acceptors (Lipinski definition) is 5. The van der Waals surface area contributed by atoms with Gasteiger partial charge in [-0.05, 0) is 18.8 Å². The second-order valence-corrected chi connectivity index (χ2v) is 9.75. The summed E-state index contributed by atoms with van der Waals surface area (Å²) < 4.78 is 27.0. The molecule has 0 saturated carbocycles. The van der Waals surface area contributed by atoms with E-state index in [1.165, 1.54) is 19.9 Å². The largest absolute Gasteiger partial charge is 0.350 e. The van der Waals surface area contributed by atoms with Crippen LogP contribution in [0.15, 0.2) is 35.7 Å². The molecule has 2 heterocycles. The fourth-order valence-electron chi connectivity index (χ4n) is 2.99. The van der Waals surface area contributed by atoms with E-state index < -0.39 is 10.2 Å². The summed E-state index contributed by atoms with van der Waals surface area (Å²) in [4.78, 5) is 16.8. The number of carbonyl (C=O) groups excluding carboxylic acids is 1. The second kappa shape index (κ2) is 8.47. The smallest absolute Gasteiger partial charge is 0.281 e. The minimum absolute atomic E-state index is 0.184. The number of hydrogen-bond donors (Lipinski definition) is 1. The van der Waals surface area contributed by atoms with Gasteiger partial charge in [0.15, 0.2) is 0 Å². The highest BCUT2D eigenvalue weighted by Gasteiger charge is 2.29. The fraction of sp³-hybridized carbons (Fsp3) is 0.444. The van der Waals surface area contributed by atoms with Crippen molar-refractivity contribution in [3.63, 3.8) is 0 Å². The van der Waals surface area contributed by atoms with Crippen molar-refractivity contribution in [3.8, 4) is 10.6 Å². The zero-order valence-electron chi connectivity index (χ0n) is 15.5. The summed E-state index contributed by atoms with van der Waals surface area (Å²) in [6.45, 7) is 1.50. The van der Waals surface area contributed by atoms with Crippen molar-refractivity contribution in [2.24, 2.45) is 5.92 Å². The molecule has 1 aliphatic rings. The van der Waals surface area contributed by atoms with Crippen LogP contribution in [-0.2, 0) is 10.2 Å². The molecule has 0 unspecified atom stereocenters. The van der Waals surface area contributed by atoms with Gasteiger partial charge < -0.3 is 5.32 Å². The molecule has 0 atom stereocenters. The topological polar surface area (TPSA) is 82.6 Å². The Morgan fingerprint density at radius 2 is 1.93 bits per heavy atom. The van der Waals surface area contributed by atoms with E-state index in [0.717, 1.165) is 23.4 Å². The van der Waals surface area contributed by atoms with Crippen molar-refractivity contribution in [2.45, 2.75) is 12.8 Å². The third-order valence-corrected chi connectivity index (χ3v) is 7.50. The van der Waals surface area contributed by atoms with Gasteiger partial charge in [0, 0.05) is 44.7 Å². The summed E-state index contributed by atoms with van der Waals surface area (Å²) in [6, 6.07) is 9.77. The summed E-state index contributed by atoms with van der Waals surface area (Å²) in [6.07, 6.45) is 1.47. The average molecular weight is 409 g/mol. The maximum absolute atomic E-state index is 12.4. The molecule has 0 spiro atoms. The first-order chi connectivity index (χ1) is 12.9. The number of benzene rings is 1. The second-order valence-electron chi connectivity index (χ2n) is 6.75. The van der Waals surface area contributed by atoms with Crippen LogP contribution in [-0.4, -0.2) is 61.6 Å². The highest BCUT2D eigenvalue weighted by Crippen LogP contribution is 2.23. The van der Waals surface area contributed by atoms with Crippen molar-refractivity contribution in [2.75, 3.05) is 33.7 Å². The monoisotopic (exact) mass is 408 g/mol. The van der Waals surface area contributed by atoms with Crippen molar-refractivity contribution in [3.05, 3.63) is 41.4 Å². The molecule has 0 bridgehead atoms. The third kappa shape index (κ3) is 4.73. The molecule has 3 rings (SSSR count). The van der Waals surface area contributed by atoms with Gasteiger partial charge in [-0.1, -0.05) is 30.3 Å². The predicted octanol–water partition coefficient (Wildman–Crippen LogP) is 2.06. The average Bonchev–Trinajstić information content (AvgIpc) is 3.17. The van der Waals surface area contributed by atoms with Crippen LogP contribution in [0.25, 0.3) is 10.6 Å². The first-order valence-electron chi connectivity index (χ1n) is 8.84. The lowest BCUT2D eigenvalue weighted by Crippen LogP contribution is -2.45. The molecule has 9 heteroatoms. The Balaban J connectivity index is 1.50. The molecule has 7 nitrogen and oxygen atoms in total. The SMILES string of the molecule is CN(C)S(=O)(=O)N1CCC(CNC(=O)c2csc(-c3ccccc3)n2)CC1. The molecule has 1 saturated heterocycles. The lowest BCUT2D eigenvalue weighted by Gasteiger charge is -2.32. The number of carbonyl (C=O) groups is 1. The van der Waals surface area contributed by atoms with E-state index in [1.54, 1.807) is 19.5 Å². The number of aromatic nitrogens is 1. The Hall–Kier alpha value is -1.81. The maximum atomic E-state index is 12.4. The molecule has 1 N–H and O–H groups in total. The van der Waals surface area contributed by atoms with Crippen molar-refractivity contribution in [1.82, 2.24) is 18.9 Å². The highest BCUT2D eigenvalue weighted by molar-refractivity contribution is 7.86. The normalized spacial score (nSPS) is 16.6. The zero-order valence-corrected chi connectivity index (χ0v) is 17.1. The Labute approximate surface area is 164 Å². The fourth-order valence-corrected chi connectivity index (χ4v) is 4.93. The van der Waals surface area contributed by atoms with Gasteiger partial charge in [0.2, 0.25) is 0 Å². The van der Waals surface area contributed by atoms with Gasteiger partial charge in [0.25, 0.3) is 16.1 Å². The van der Waals surface area contributed by atoms with Crippen LogP contribution in [0.2, 0.25) is 0 Å². The maximum Gasteiger partial charge on any atom is 0.281 e. The summed E-state index contributed by atoms with van der Waals surface area (Å²) in [7, 11) is -0.269. The molecular weight excluding hydrogens is 384 g/mol. The Bertz CT molecular complexity index is 873. The van der Waals surface area contributed by atoms with Gasteiger partial charge in [-0.3, -0.25) is 4.79 Å². The molecule has 1 aliphatic heterocycles. The van der Waals surface area contributed by atoms with Crippen LogP contribution < -0.4 is 5.32 Å². The van der Waals surface area contributed by atoms with E-state index in [9.17, 15) is 13.2 Å². The van der Waals surface area contributed by atoms with E-state index in [1.807, 2.05) is 30.3 Å². The number of nitrogens with one attached hydrogen (secondary N) is 1. The van der Waals surface area contributed by atoms with Crippen LogP contribution in [0.1, 0.15) is 23.3 Å². The minimum atomic E-state index is -3.35. The lowest BCUT2D eigenvalue weighted by molar-refractivity contribution is 0.0937. The summed E-state index contributed by atoms with van der Waals surface area (Å²) in [5.74, 6) is 0.0894. The van der Waals surface area contributed by atoms with E-state index >= 15 is 0 Å². The molecule has 146 valence electrons. The minimum Gasteiger partial charge on any atom is -0.350 e. The third-order valence-electron chi connectivity index (χ3n) is 4.67. The van der Waals surface area contributed by atoms with E-state index in [4.69, 9.17) is 0 Å². The molecule has 2 aromatic rings. The molecule has 1 aromatic carbocycles. The number of nitrogens with zero attached hydrogens (tertiary/aromatic N) is 3. The van der Waals surface area contributed by atoms with E-state index in [0.29, 0.717) is 25.3 Å². The van der Waals surface area contributed by atoms with Crippen molar-refractivity contribution < 1.29 is 13.2 Å². The van der Waals surface area contributed by atoms with Crippen LogP contribution in [0.3, 0.4) is 0 Å². The molecule has 1 amide bonds. The Morgan fingerprint density at radius 3 is 2.56 bits per heavy atom. The van der Waals surface area contributed by atoms with Gasteiger partial charge in [0.1, 0.15) is 10.7 Å². The predicted molar refractivity (Wildman–Crippen MR) is 107 cm³/mol. The molecule has 27 heavy (non-hydrogen) atoms. The van der Waals surface area contributed by atoms with Crippen LogP contribution in [0.4, 0.5) is 0 Å². The summed E-state index contributed by atoms with van der Waals surface area (Å²) in [5, 5.41) is 5.53. The molecule has 1 fully saturated rings. The van der Waals surface area contributed by atoms with Crippen LogP contribution in [0.5, 0.6) is 0 Å². The van der Waals surface area contributed by atoms with Crippen LogP contribution >= 0.6 is 11.3 Å². The number of thiazole rings is 1. The quantitative estimate of drug-likeness (QED) is 0.793. The van der Waals surface area contributed by atoms with Gasteiger partial charge in [-0.15, -0.1) is 11.3 Å². The molecule has 0 radical (unpaired) electrons. The molecular formula is C18H24N4O3S2. The number of amides is 1. The summed E-state index contributed by atoms with van der Waals surface area (Å²) in [5.41, 5.74) is 1.42. The van der Waals surface area contributed by atoms with Gasteiger partial charge in [-0.25, -0.2) is 4.98 Å². The van der Waals surface area contributed by atoms with Crippen molar-refractivity contribution >= 4 is 27.5 Å². The first-order valence-corrected chi connectivity index (χ1v) is 11.1. The zero-order chi connectivity index (χ0) is 19.4. The summed E-state index contributed by atoms with van der Waals surface area (Å²) >= 11 is 1.45. The van der Waals surface area contributed by atoms with E-state index in [-0.39, 0.29) is 11.8 Å². The molecule has 0 aliphatic carbocycles. The number of rotatable bonds is 6. The van der Waals surface area contributed by atoms with E-state index in [2.05, 4.69) is 10.3 Å².